The number of amides is 2. The normalized spacial score (nSPS) is 22.9. The molecule has 3 N–H and O–H groups in total. The fourth-order valence-corrected chi connectivity index (χ4v) is 2.58. The molecule has 2 atom stereocenters. The summed E-state index contributed by atoms with van der Waals surface area (Å²) in [6.45, 7) is 5.75. The van der Waals surface area contributed by atoms with Gasteiger partial charge in [0.25, 0.3) is 5.91 Å². The highest BCUT2D eigenvalue weighted by atomic mass is 16.2. The van der Waals surface area contributed by atoms with E-state index in [1.165, 1.54) is 0 Å². The lowest BCUT2D eigenvalue weighted by Gasteiger charge is -2.25. The maximum absolute atomic E-state index is 12.4. The molecule has 0 aliphatic carbocycles. The Kier molecular flexibility index (Phi) is 4.63. The lowest BCUT2D eigenvalue weighted by molar-refractivity contribution is -0.132. The minimum atomic E-state index is -0.530. The Morgan fingerprint density at radius 3 is 2.62 bits per heavy atom. The van der Waals surface area contributed by atoms with Crippen LogP contribution in [0, 0.1) is 5.41 Å². The molecule has 2 rings (SSSR count). The van der Waals surface area contributed by atoms with Crippen molar-refractivity contribution in [1.82, 2.24) is 10.2 Å². The Balaban J connectivity index is 1.93. The Morgan fingerprint density at radius 2 is 2.05 bits per heavy atom. The fraction of sp³-hybridized carbons (Fsp3) is 0.500. The molecule has 1 aromatic rings. The number of nitrogens with zero attached hydrogens (tertiary/aromatic N) is 1. The molecule has 0 saturated carbocycles. The van der Waals surface area contributed by atoms with Gasteiger partial charge >= 0.3 is 0 Å². The maximum Gasteiger partial charge on any atom is 0.251 e. The minimum absolute atomic E-state index is 0.00117. The third kappa shape index (κ3) is 3.61. The summed E-state index contributed by atoms with van der Waals surface area (Å²) < 4.78 is 0. The number of hydrogen-bond donors (Lipinski definition) is 2. The van der Waals surface area contributed by atoms with Gasteiger partial charge in [-0.25, -0.2) is 0 Å². The maximum atomic E-state index is 12.4. The molecule has 1 aliphatic heterocycles. The van der Waals surface area contributed by atoms with Crippen molar-refractivity contribution < 1.29 is 9.59 Å². The van der Waals surface area contributed by atoms with Crippen LogP contribution in [0.5, 0.6) is 0 Å². The summed E-state index contributed by atoms with van der Waals surface area (Å²) in [5.74, 6) is -0.270. The van der Waals surface area contributed by atoms with Crippen LogP contribution in [-0.2, 0) is 4.79 Å². The van der Waals surface area contributed by atoms with Crippen molar-refractivity contribution in [1.29, 1.82) is 0 Å². The predicted molar refractivity (Wildman–Crippen MR) is 81.7 cm³/mol. The first kappa shape index (κ1) is 15.5. The minimum Gasteiger partial charge on any atom is -0.341 e. The highest BCUT2D eigenvalue weighted by Gasteiger charge is 2.36. The van der Waals surface area contributed by atoms with E-state index in [0.717, 1.165) is 6.42 Å². The summed E-state index contributed by atoms with van der Waals surface area (Å²) in [4.78, 5) is 26.2. The molecule has 0 spiro atoms. The Morgan fingerprint density at radius 1 is 1.38 bits per heavy atom. The molecular formula is C16H23N3O2. The number of nitrogens with two attached hydrogens (primary N) is 1. The second kappa shape index (κ2) is 6.26. The van der Waals surface area contributed by atoms with Gasteiger partial charge in [0, 0.05) is 18.7 Å². The second-order valence-corrected chi connectivity index (χ2v) is 6.09. The van der Waals surface area contributed by atoms with E-state index < -0.39 is 6.04 Å². The van der Waals surface area contributed by atoms with Gasteiger partial charge in [0.05, 0.1) is 0 Å². The third-order valence-corrected chi connectivity index (χ3v) is 4.12. The molecule has 1 heterocycles. The predicted octanol–water partition coefficient (Wildman–Crippen LogP) is 1.00. The Bertz CT molecular complexity index is 518. The monoisotopic (exact) mass is 289 g/mol. The average molecular weight is 289 g/mol. The average Bonchev–Trinajstić information content (AvgIpc) is 2.90. The van der Waals surface area contributed by atoms with Gasteiger partial charge in [-0.15, -0.1) is 0 Å². The van der Waals surface area contributed by atoms with Crippen molar-refractivity contribution in [2.45, 2.75) is 26.3 Å². The van der Waals surface area contributed by atoms with Gasteiger partial charge in [-0.05, 0) is 37.4 Å². The number of rotatable bonds is 4. The van der Waals surface area contributed by atoms with E-state index in [2.05, 4.69) is 12.2 Å². The van der Waals surface area contributed by atoms with Crippen molar-refractivity contribution in [3.8, 4) is 0 Å². The summed E-state index contributed by atoms with van der Waals surface area (Å²) in [6.07, 6.45) is 0.911. The molecule has 0 aromatic heterocycles. The molecule has 114 valence electrons. The first-order chi connectivity index (χ1) is 9.95. The van der Waals surface area contributed by atoms with E-state index in [1.54, 1.807) is 36.1 Å². The van der Waals surface area contributed by atoms with E-state index in [1.807, 2.05) is 6.07 Å². The van der Waals surface area contributed by atoms with Crippen molar-refractivity contribution in [3.63, 3.8) is 0 Å². The molecular weight excluding hydrogens is 266 g/mol. The molecule has 5 nitrogen and oxygen atoms in total. The largest absolute Gasteiger partial charge is 0.341 e. The first-order valence-corrected chi connectivity index (χ1v) is 7.30. The van der Waals surface area contributed by atoms with E-state index in [-0.39, 0.29) is 17.2 Å². The first-order valence-electron chi connectivity index (χ1n) is 7.30. The summed E-state index contributed by atoms with van der Waals surface area (Å²) in [5, 5.41) is 2.76. The highest BCUT2D eigenvalue weighted by Crippen LogP contribution is 2.28. The second-order valence-electron chi connectivity index (χ2n) is 6.09. The fourth-order valence-electron chi connectivity index (χ4n) is 2.58. The van der Waals surface area contributed by atoms with Crippen LogP contribution in [0.3, 0.4) is 0 Å². The summed E-state index contributed by atoms with van der Waals surface area (Å²) in [5.41, 5.74) is 6.31. The van der Waals surface area contributed by atoms with Crippen LogP contribution in [0.2, 0.25) is 0 Å². The molecule has 0 radical (unpaired) electrons. The molecule has 0 bridgehead atoms. The van der Waals surface area contributed by atoms with Gasteiger partial charge < -0.3 is 16.0 Å². The van der Waals surface area contributed by atoms with Gasteiger partial charge in [0.1, 0.15) is 6.04 Å². The van der Waals surface area contributed by atoms with E-state index in [9.17, 15) is 9.59 Å². The van der Waals surface area contributed by atoms with Gasteiger partial charge in [-0.3, -0.25) is 9.59 Å². The number of carbonyl (C=O) groups excluding carboxylic acids is 2. The van der Waals surface area contributed by atoms with Crippen molar-refractivity contribution in [3.05, 3.63) is 35.9 Å². The van der Waals surface area contributed by atoms with Crippen LogP contribution >= 0.6 is 0 Å². The molecule has 2 amide bonds. The summed E-state index contributed by atoms with van der Waals surface area (Å²) in [6, 6.07) is 8.38. The van der Waals surface area contributed by atoms with E-state index >= 15 is 0 Å². The third-order valence-electron chi connectivity index (χ3n) is 4.12. The number of carbonyl (C=O) groups is 2. The van der Waals surface area contributed by atoms with Gasteiger partial charge in [-0.1, -0.05) is 25.1 Å². The van der Waals surface area contributed by atoms with E-state index in [4.69, 9.17) is 5.73 Å². The summed E-state index contributed by atoms with van der Waals surface area (Å²) >= 11 is 0. The summed E-state index contributed by atoms with van der Waals surface area (Å²) in [7, 11) is 0. The van der Waals surface area contributed by atoms with Crippen LogP contribution < -0.4 is 11.1 Å². The van der Waals surface area contributed by atoms with Gasteiger partial charge in [0.15, 0.2) is 0 Å². The molecule has 5 heteroatoms. The molecule has 1 aromatic carbocycles. The standard InChI is InChI=1S/C16H23N3O2/c1-12(18-14(20)13-6-4-3-5-7-13)15(21)19-9-8-16(2,10-17)11-19/h3-7,12H,8-11,17H2,1-2H3,(H,18,20). The lowest BCUT2D eigenvalue weighted by Crippen LogP contribution is -2.47. The number of hydrogen-bond acceptors (Lipinski definition) is 3. The van der Waals surface area contributed by atoms with Crippen molar-refractivity contribution >= 4 is 11.8 Å². The van der Waals surface area contributed by atoms with Gasteiger partial charge in [0.2, 0.25) is 5.91 Å². The molecule has 1 saturated heterocycles. The Hall–Kier alpha value is -1.88. The smallest absolute Gasteiger partial charge is 0.251 e. The van der Waals surface area contributed by atoms with Crippen LogP contribution in [0.15, 0.2) is 30.3 Å². The Labute approximate surface area is 125 Å². The van der Waals surface area contributed by atoms with Crippen LogP contribution in [0.25, 0.3) is 0 Å². The van der Waals surface area contributed by atoms with Crippen LogP contribution in [0.4, 0.5) is 0 Å². The van der Waals surface area contributed by atoms with Crippen LogP contribution in [0.1, 0.15) is 30.6 Å². The van der Waals surface area contributed by atoms with Crippen molar-refractivity contribution in [2.75, 3.05) is 19.6 Å². The zero-order valence-electron chi connectivity index (χ0n) is 12.6. The molecule has 21 heavy (non-hydrogen) atoms. The lowest BCUT2D eigenvalue weighted by atomic mass is 9.90. The number of likely N-dealkylation sites (tertiary alicyclic amines) is 1. The highest BCUT2D eigenvalue weighted by molar-refractivity contribution is 5.97. The number of nitrogens with one attached hydrogen (secondary N) is 1. The molecule has 2 unspecified atom stereocenters. The zero-order valence-corrected chi connectivity index (χ0v) is 12.6. The van der Waals surface area contributed by atoms with E-state index in [0.29, 0.717) is 25.2 Å². The quantitative estimate of drug-likeness (QED) is 0.868. The van der Waals surface area contributed by atoms with Crippen molar-refractivity contribution in [2.24, 2.45) is 11.1 Å². The zero-order chi connectivity index (χ0) is 15.5. The molecule has 1 aliphatic rings. The topological polar surface area (TPSA) is 75.4 Å². The van der Waals surface area contributed by atoms with Crippen LogP contribution in [-0.4, -0.2) is 42.4 Å². The van der Waals surface area contributed by atoms with Gasteiger partial charge in [-0.2, -0.15) is 0 Å². The number of benzene rings is 1. The molecule has 1 fully saturated rings. The SMILES string of the molecule is CC(NC(=O)c1ccccc1)C(=O)N1CCC(C)(CN)C1.